The van der Waals surface area contributed by atoms with Crippen LogP contribution >= 0.6 is 0 Å². The summed E-state index contributed by atoms with van der Waals surface area (Å²) in [5, 5.41) is 4.85. The maximum absolute atomic E-state index is 14.0. The third kappa shape index (κ3) is 2.87. The minimum atomic E-state index is -0.795. The molecule has 136 valence electrons. The summed E-state index contributed by atoms with van der Waals surface area (Å²) in [6.45, 7) is 0. The van der Waals surface area contributed by atoms with Crippen molar-refractivity contribution in [3.8, 4) is 22.6 Å². The fourth-order valence-electron chi connectivity index (χ4n) is 3.05. The first-order valence-electron chi connectivity index (χ1n) is 8.19. The molecule has 0 saturated heterocycles. The van der Waals surface area contributed by atoms with Crippen molar-refractivity contribution in [1.29, 1.82) is 0 Å². The van der Waals surface area contributed by atoms with Gasteiger partial charge in [-0.3, -0.25) is 9.48 Å². The second-order valence-corrected chi connectivity index (χ2v) is 6.16. The van der Waals surface area contributed by atoms with Crippen molar-refractivity contribution in [2.24, 2.45) is 14.1 Å². The number of para-hydroxylation sites is 1. The molecule has 27 heavy (non-hydrogen) atoms. The molecule has 0 aliphatic carbocycles. The summed E-state index contributed by atoms with van der Waals surface area (Å²) in [6.07, 6.45) is 3.30. The molecular weight excluding hydrogens is 352 g/mol. The van der Waals surface area contributed by atoms with Crippen LogP contribution in [0.25, 0.3) is 22.0 Å². The van der Waals surface area contributed by atoms with Crippen molar-refractivity contribution in [3.63, 3.8) is 0 Å². The van der Waals surface area contributed by atoms with Crippen molar-refractivity contribution in [2.75, 3.05) is 0 Å². The predicted octanol–water partition coefficient (Wildman–Crippen LogP) is 4.01. The molecular formula is C20H15F2N3O2. The molecule has 0 unspecified atom stereocenters. The van der Waals surface area contributed by atoms with Crippen LogP contribution in [0.1, 0.15) is 0 Å². The first-order chi connectivity index (χ1) is 13.0. The van der Waals surface area contributed by atoms with Gasteiger partial charge in [-0.2, -0.15) is 5.10 Å². The highest BCUT2D eigenvalue weighted by Gasteiger charge is 2.17. The quantitative estimate of drug-likeness (QED) is 0.550. The van der Waals surface area contributed by atoms with Crippen molar-refractivity contribution in [1.82, 2.24) is 14.3 Å². The fraction of sp³-hybridized carbons (Fsp3) is 0.100. The van der Waals surface area contributed by atoms with Crippen LogP contribution in [0.3, 0.4) is 0 Å². The first kappa shape index (κ1) is 17.0. The third-order valence-electron chi connectivity index (χ3n) is 4.37. The lowest BCUT2D eigenvalue weighted by molar-refractivity contribution is 0.439. The number of ether oxygens (including phenoxy) is 1. The molecule has 0 N–H and O–H groups in total. The molecule has 5 nitrogen and oxygen atoms in total. The molecule has 4 rings (SSSR count). The molecule has 0 atom stereocenters. The van der Waals surface area contributed by atoms with Gasteiger partial charge in [0.15, 0.2) is 11.6 Å². The molecule has 0 saturated carbocycles. The number of pyridine rings is 1. The fourth-order valence-corrected chi connectivity index (χ4v) is 3.05. The van der Waals surface area contributed by atoms with Crippen molar-refractivity contribution in [3.05, 3.63) is 76.8 Å². The Kier molecular flexibility index (Phi) is 3.99. The molecule has 2 aromatic carbocycles. The van der Waals surface area contributed by atoms with Gasteiger partial charge < -0.3 is 9.30 Å². The zero-order valence-corrected chi connectivity index (χ0v) is 14.6. The molecule has 7 heteroatoms. The van der Waals surface area contributed by atoms with E-state index in [1.165, 1.54) is 15.3 Å². The molecule has 0 aliphatic rings. The topological polar surface area (TPSA) is 49.0 Å². The second-order valence-electron chi connectivity index (χ2n) is 6.16. The molecule has 0 fully saturated rings. The van der Waals surface area contributed by atoms with Crippen LogP contribution in [-0.4, -0.2) is 14.3 Å². The Hall–Kier alpha value is -3.48. The number of nitrogens with zero attached hydrogens (tertiary/aromatic N) is 3. The predicted molar refractivity (Wildman–Crippen MR) is 97.8 cm³/mol. The van der Waals surface area contributed by atoms with Crippen LogP contribution < -0.4 is 10.3 Å². The molecule has 0 bridgehead atoms. The van der Waals surface area contributed by atoms with Gasteiger partial charge in [0, 0.05) is 42.9 Å². The van der Waals surface area contributed by atoms with Crippen molar-refractivity contribution >= 4 is 10.9 Å². The van der Waals surface area contributed by atoms with Gasteiger partial charge in [-0.05, 0) is 18.2 Å². The molecule has 2 aromatic heterocycles. The lowest BCUT2D eigenvalue weighted by atomic mass is 10.0. The zero-order chi connectivity index (χ0) is 19.1. The van der Waals surface area contributed by atoms with Gasteiger partial charge in [0.25, 0.3) is 5.56 Å². The molecule has 0 radical (unpaired) electrons. The van der Waals surface area contributed by atoms with Gasteiger partial charge in [-0.1, -0.05) is 18.2 Å². The lowest BCUT2D eigenvalue weighted by Gasteiger charge is -2.13. The van der Waals surface area contributed by atoms with Crippen LogP contribution in [0.15, 0.2) is 59.7 Å². The zero-order valence-electron chi connectivity index (χ0n) is 14.6. The van der Waals surface area contributed by atoms with Gasteiger partial charge in [-0.15, -0.1) is 0 Å². The summed E-state index contributed by atoms with van der Waals surface area (Å²) < 4.78 is 35.9. The van der Waals surface area contributed by atoms with E-state index in [0.29, 0.717) is 22.2 Å². The van der Waals surface area contributed by atoms with E-state index in [1.54, 1.807) is 38.6 Å². The van der Waals surface area contributed by atoms with Gasteiger partial charge in [0.2, 0.25) is 0 Å². The normalized spacial score (nSPS) is 11.1. The van der Waals surface area contributed by atoms with Gasteiger partial charge >= 0.3 is 0 Å². The van der Waals surface area contributed by atoms with E-state index >= 15 is 0 Å². The number of benzene rings is 2. The Bertz CT molecular complexity index is 1230. The molecule has 4 aromatic rings. The van der Waals surface area contributed by atoms with E-state index in [9.17, 15) is 13.6 Å². The van der Waals surface area contributed by atoms with Crippen LogP contribution in [0, 0.1) is 11.6 Å². The van der Waals surface area contributed by atoms with E-state index < -0.39 is 11.6 Å². The highest BCUT2D eigenvalue weighted by atomic mass is 19.1. The van der Waals surface area contributed by atoms with E-state index in [2.05, 4.69) is 5.10 Å². The lowest BCUT2D eigenvalue weighted by Crippen LogP contribution is -2.18. The van der Waals surface area contributed by atoms with E-state index in [-0.39, 0.29) is 11.3 Å². The average molecular weight is 367 g/mol. The maximum Gasteiger partial charge on any atom is 0.276 e. The smallest absolute Gasteiger partial charge is 0.276 e. The number of rotatable bonds is 3. The second kappa shape index (κ2) is 6.35. The van der Waals surface area contributed by atoms with Gasteiger partial charge in [0.05, 0.1) is 6.20 Å². The van der Waals surface area contributed by atoms with E-state index in [4.69, 9.17) is 4.74 Å². The Morgan fingerprint density at radius 1 is 1.00 bits per heavy atom. The number of hydrogen-bond donors (Lipinski definition) is 0. The average Bonchev–Trinajstić information content (AvgIpc) is 3.03. The minimum absolute atomic E-state index is 0.0869. The van der Waals surface area contributed by atoms with Crippen LogP contribution in [-0.2, 0) is 14.1 Å². The minimum Gasteiger partial charge on any atom is -0.454 e. The van der Waals surface area contributed by atoms with Gasteiger partial charge in [-0.25, -0.2) is 8.78 Å². The van der Waals surface area contributed by atoms with Crippen LogP contribution in [0.5, 0.6) is 11.5 Å². The summed E-state index contributed by atoms with van der Waals surface area (Å²) in [7, 11) is 3.35. The highest BCUT2D eigenvalue weighted by Crippen LogP contribution is 2.36. The monoisotopic (exact) mass is 367 g/mol. The standard InChI is InChI=1S/C20H15F2N3O2/c1-24-11-15(14-10-23-25(2)19(14)20(24)26)13-5-3-4-6-17(13)27-18-8-7-12(21)9-16(18)22/h3-11H,1-2H3. The van der Waals surface area contributed by atoms with E-state index in [1.807, 2.05) is 12.1 Å². The van der Waals surface area contributed by atoms with Crippen molar-refractivity contribution < 1.29 is 13.5 Å². The number of halogens is 2. The Balaban J connectivity index is 1.91. The summed E-state index contributed by atoms with van der Waals surface area (Å²) >= 11 is 0. The van der Waals surface area contributed by atoms with E-state index in [0.717, 1.165) is 17.7 Å². The van der Waals surface area contributed by atoms with Crippen LogP contribution in [0.4, 0.5) is 8.78 Å². The Morgan fingerprint density at radius 2 is 1.78 bits per heavy atom. The molecule has 0 spiro atoms. The summed E-state index contributed by atoms with van der Waals surface area (Å²) in [4.78, 5) is 12.4. The summed E-state index contributed by atoms with van der Waals surface area (Å²) in [5.74, 6) is -1.18. The number of aromatic nitrogens is 3. The highest BCUT2D eigenvalue weighted by molar-refractivity contribution is 5.95. The number of aryl methyl sites for hydroxylation is 2. The maximum atomic E-state index is 14.0. The first-order valence-corrected chi connectivity index (χ1v) is 8.19. The van der Waals surface area contributed by atoms with Gasteiger partial charge in [0.1, 0.15) is 17.1 Å². The Morgan fingerprint density at radius 3 is 2.56 bits per heavy atom. The summed E-state index contributed by atoms with van der Waals surface area (Å²) in [5.41, 5.74) is 1.67. The Labute approximate surface area is 153 Å². The number of fused-ring (bicyclic) bond motifs is 1. The third-order valence-corrected chi connectivity index (χ3v) is 4.37. The number of hydrogen-bond acceptors (Lipinski definition) is 3. The van der Waals surface area contributed by atoms with Crippen LogP contribution in [0.2, 0.25) is 0 Å². The largest absolute Gasteiger partial charge is 0.454 e. The van der Waals surface area contributed by atoms with Crippen molar-refractivity contribution in [2.45, 2.75) is 0 Å². The molecule has 0 aliphatic heterocycles. The molecule has 2 heterocycles. The molecule has 0 amide bonds. The SMILES string of the molecule is Cn1cc(-c2ccccc2Oc2ccc(F)cc2F)c2cnn(C)c2c1=O. The summed E-state index contributed by atoms with van der Waals surface area (Å²) in [6, 6.07) is 10.2.